The highest BCUT2D eigenvalue weighted by atomic mass is 16.5. The van der Waals surface area contributed by atoms with Crippen molar-refractivity contribution in [2.75, 3.05) is 18.5 Å². The van der Waals surface area contributed by atoms with Crippen LogP contribution in [0, 0.1) is 5.92 Å². The van der Waals surface area contributed by atoms with E-state index in [0.29, 0.717) is 30.5 Å². The minimum Gasteiger partial charge on any atom is -0.463 e. The normalized spacial score (nSPS) is 11.0. The zero-order valence-electron chi connectivity index (χ0n) is 13.8. The molecule has 1 rings (SSSR count). The average Bonchev–Trinajstić information content (AvgIpc) is 2.40. The van der Waals surface area contributed by atoms with Gasteiger partial charge in [-0.15, -0.1) is 4.98 Å². The highest BCUT2D eigenvalue weighted by Crippen LogP contribution is 2.15. The molecule has 0 radical (unpaired) electrons. The topological polar surface area (TPSA) is 69.2 Å². The molecule has 0 aliphatic rings. The maximum Gasteiger partial charge on any atom is 0.324 e. The first kappa shape index (κ1) is 17.5. The van der Waals surface area contributed by atoms with E-state index in [2.05, 4.69) is 41.0 Å². The van der Waals surface area contributed by atoms with Crippen LogP contribution in [-0.4, -0.2) is 34.2 Å². The van der Waals surface area contributed by atoms with Crippen LogP contribution in [0.4, 0.5) is 5.95 Å². The fourth-order valence-electron chi connectivity index (χ4n) is 1.64. The van der Waals surface area contributed by atoms with Gasteiger partial charge in [-0.2, -0.15) is 9.97 Å². The first-order chi connectivity index (χ1) is 10.0. The summed E-state index contributed by atoms with van der Waals surface area (Å²) in [6, 6.07) is 0.625. The van der Waals surface area contributed by atoms with Gasteiger partial charge < -0.3 is 14.8 Å². The van der Waals surface area contributed by atoms with Gasteiger partial charge in [0.1, 0.15) is 0 Å². The van der Waals surface area contributed by atoms with E-state index in [1.54, 1.807) is 0 Å². The Labute approximate surface area is 127 Å². The molecule has 0 spiro atoms. The molecule has 21 heavy (non-hydrogen) atoms. The molecule has 1 N–H and O–H groups in total. The number of hydrogen-bond donors (Lipinski definition) is 1. The third kappa shape index (κ3) is 7.68. The van der Waals surface area contributed by atoms with Crippen LogP contribution in [0.2, 0.25) is 0 Å². The van der Waals surface area contributed by atoms with Crippen LogP contribution in [0.15, 0.2) is 0 Å². The first-order valence-corrected chi connectivity index (χ1v) is 7.80. The van der Waals surface area contributed by atoms with E-state index in [9.17, 15) is 0 Å². The van der Waals surface area contributed by atoms with Gasteiger partial charge in [-0.05, 0) is 39.0 Å². The second kappa shape index (κ2) is 9.37. The monoisotopic (exact) mass is 296 g/mol. The minimum absolute atomic E-state index is 0.0141. The van der Waals surface area contributed by atoms with Crippen molar-refractivity contribution >= 4 is 5.95 Å². The summed E-state index contributed by atoms with van der Waals surface area (Å²) in [5.74, 6) is 1.18. The molecule has 0 aliphatic heterocycles. The smallest absolute Gasteiger partial charge is 0.324 e. The number of nitrogens with one attached hydrogen (secondary N) is 1. The Balaban J connectivity index is 2.66. The number of ether oxygens (including phenoxy) is 2. The van der Waals surface area contributed by atoms with E-state index in [4.69, 9.17) is 9.47 Å². The Morgan fingerprint density at radius 2 is 1.76 bits per heavy atom. The number of aromatic nitrogens is 3. The first-order valence-electron chi connectivity index (χ1n) is 7.80. The summed E-state index contributed by atoms with van der Waals surface area (Å²) in [5.41, 5.74) is 0. The minimum atomic E-state index is 0.0141. The second-order valence-corrected chi connectivity index (χ2v) is 5.70. The number of hydrogen-bond acceptors (Lipinski definition) is 6. The molecule has 0 atom stereocenters. The quantitative estimate of drug-likeness (QED) is 0.668. The maximum atomic E-state index is 5.62. The third-order valence-corrected chi connectivity index (χ3v) is 2.63. The van der Waals surface area contributed by atoms with Crippen molar-refractivity contribution in [3.8, 4) is 12.0 Å². The highest BCUT2D eigenvalue weighted by Gasteiger charge is 2.10. The van der Waals surface area contributed by atoms with E-state index < -0.39 is 0 Å². The summed E-state index contributed by atoms with van der Waals surface area (Å²) in [4.78, 5) is 12.7. The van der Waals surface area contributed by atoms with Crippen molar-refractivity contribution in [2.24, 2.45) is 5.92 Å². The molecular formula is C15H28N4O2. The lowest BCUT2D eigenvalue weighted by molar-refractivity contribution is 0.212. The summed E-state index contributed by atoms with van der Waals surface area (Å²) < 4.78 is 11.2. The van der Waals surface area contributed by atoms with Crippen molar-refractivity contribution in [3.05, 3.63) is 0 Å². The molecule has 6 nitrogen and oxygen atoms in total. The Kier molecular flexibility index (Phi) is 7.79. The van der Waals surface area contributed by atoms with Crippen LogP contribution in [0.1, 0.15) is 53.9 Å². The third-order valence-electron chi connectivity index (χ3n) is 2.63. The Bertz CT molecular complexity index is 411. The van der Waals surface area contributed by atoms with E-state index in [0.717, 1.165) is 25.8 Å². The molecule has 0 aromatic carbocycles. The summed E-state index contributed by atoms with van der Waals surface area (Å²) in [5, 5.41) is 3.13. The average molecular weight is 296 g/mol. The molecule has 0 fully saturated rings. The number of nitrogens with zero attached hydrogens (tertiary/aromatic N) is 3. The van der Waals surface area contributed by atoms with Crippen LogP contribution >= 0.6 is 0 Å². The van der Waals surface area contributed by atoms with Gasteiger partial charge in [-0.25, -0.2) is 0 Å². The van der Waals surface area contributed by atoms with E-state index in [-0.39, 0.29) is 6.10 Å². The maximum absolute atomic E-state index is 5.62. The molecule has 0 unspecified atom stereocenters. The summed E-state index contributed by atoms with van der Waals surface area (Å²) in [6.07, 6.45) is 3.12. The molecular weight excluding hydrogens is 268 g/mol. The predicted octanol–water partition coefficient (Wildman–Crippen LogP) is 3.30. The van der Waals surface area contributed by atoms with Crippen molar-refractivity contribution in [2.45, 2.75) is 60.0 Å². The highest BCUT2D eigenvalue weighted by molar-refractivity contribution is 5.27. The molecule has 1 heterocycles. The standard InChI is InChI=1S/C15H28N4O2/c1-6-9-16-13-17-14(20-10-7-8-11(2)3)19-15(18-13)21-12(4)5/h11-12H,6-10H2,1-5H3,(H,16,17,18,19). The molecule has 0 amide bonds. The van der Waals surface area contributed by atoms with Crippen LogP contribution in [0.25, 0.3) is 0 Å². The van der Waals surface area contributed by atoms with Crippen LogP contribution < -0.4 is 14.8 Å². The van der Waals surface area contributed by atoms with Gasteiger partial charge in [-0.1, -0.05) is 20.8 Å². The Morgan fingerprint density at radius 3 is 2.38 bits per heavy atom. The lowest BCUT2D eigenvalue weighted by atomic mass is 10.1. The molecule has 120 valence electrons. The van der Waals surface area contributed by atoms with E-state index in [1.807, 2.05) is 13.8 Å². The van der Waals surface area contributed by atoms with Gasteiger partial charge >= 0.3 is 12.0 Å². The molecule has 0 bridgehead atoms. The number of rotatable bonds is 10. The molecule has 0 aliphatic carbocycles. The van der Waals surface area contributed by atoms with Crippen molar-refractivity contribution in [1.82, 2.24) is 15.0 Å². The zero-order chi connectivity index (χ0) is 15.7. The molecule has 6 heteroatoms. The van der Waals surface area contributed by atoms with Crippen molar-refractivity contribution in [1.29, 1.82) is 0 Å². The van der Waals surface area contributed by atoms with E-state index in [1.165, 1.54) is 0 Å². The number of anilines is 1. The Morgan fingerprint density at radius 1 is 1.05 bits per heavy atom. The van der Waals surface area contributed by atoms with Gasteiger partial charge in [0.25, 0.3) is 0 Å². The fourth-order valence-corrected chi connectivity index (χ4v) is 1.64. The van der Waals surface area contributed by atoms with Gasteiger partial charge in [0.05, 0.1) is 12.7 Å². The molecule has 0 saturated carbocycles. The van der Waals surface area contributed by atoms with Gasteiger partial charge in [0.2, 0.25) is 5.95 Å². The lowest BCUT2D eigenvalue weighted by Crippen LogP contribution is -2.13. The lowest BCUT2D eigenvalue weighted by Gasteiger charge is -2.11. The molecule has 1 aromatic heterocycles. The van der Waals surface area contributed by atoms with Crippen LogP contribution in [0.3, 0.4) is 0 Å². The van der Waals surface area contributed by atoms with Crippen LogP contribution in [0.5, 0.6) is 12.0 Å². The van der Waals surface area contributed by atoms with E-state index >= 15 is 0 Å². The summed E-state index contributed by atoms with van der Waals surface area (Å²) in [7, 11) is 0. The van der Waals surface area contributed by atoms with Crippen LogP contribution in [-0.2, 0) is 0 Å². The largest absolute Gasteiger partial charge is 0.463 e. The fraction of sp³-hybridized carbons (Fsp3) is 0.800. The SMILES string of the molecule is CCCNc1nc(OCCCC(C)C)nc(OC(C)C)n1. The van der Waals surface area contributed by atoms with Gasteiger partial charge in [-0.3, -0.25) is 0 Å². The molecule has 0 saturated heterocycles. The van der Waals surface area contributed by atoms with Crippen molar-refractivity contribution in [3.63, 3.8) is 0 Å². The zero-order valence-corrected chi connectivity index (χ0v) is 13.8. The summed E-state index contributed by atoms with van der Waals surface area (Å²) >= 11 is 0. The van der Waals surface area contributed by atoms with Gasteiger partial charge in [0, 0.05) is 6.54 Å². The Hall–Kier alpha value is -1.59. The van der Waals surface area contributed by atoms with Gasteiger partial charge in [0.15, 0.2) is 0 Å². The molecule has 1 aromatic rings. The van der Waals surface area contributed by atoms with Crippen molar-refractivity contribution < 1.29 is 9.47 Å². The second-order valence-electron chi connectivity index (χ2n) is 5.70. The summed E-state index contributed by atoms with van der Waals surface area (Å²) in [6.45, 7) is 11.8. The predicted molar refractivity (Wildman–Crippen MR) is 83.9 cm³/mol.